The highest BCUT2D eigenvalue weighted by Gasteiger charge is 2.39. The standard InChI is InChI=1S/C18H22N4O4/c1-10-7-12(16-20-18(25)26-21-16)8-14(19-10)17(24)22-6-2-3-11-4-5-13(23)9-15(11)22/h7-8,11,13,15,23H,2-6,9H2,1H3,(H,20,21,25)/t11-,13+,15+/m1/s1. The normalized spacial score (nSPS) is 25.8. The van der Waals surface area contributed by atoms with Gasteiger partial charge in [0.2, 0.25) is 0 Å². The van der Waals surface area contributed by atoms with Gasteiger partial charge >= 0.3 is 5.76 Å². The molecule has 1 saturated carbocycles. The largest absolute Gasteiger partial charge is 0.439 e. The number of H-pyrrole nitrogens is 1. The number of rotatable bonds is 2. The molecule has 3 atom stereocenters. The number of pyridine rings is 1. The molecule has 1 amide bonds. The van der Waals surface area contributed by atoms with Crippen molar-refractivity contribution < 1.29 is 14.4 Å². The molecular weight excluding hydrogens is 336 g/mol. The average molecular weight is 358 g/mol. The fourth-order valence-electron chi connectivity index (χ4n) is 4.26. The molecule has 2 aliphatic rings. The number of aryl methyl sites for hydroxylation is 1. The third-order valence-corrected chi connectivity index (χ3v) is 5.45. The number of aromatic amines is 1. The predicted molar refractivity (Wildman–Crippen MR) is 92.5 cm³/mol. The summed E-state index contributed by atoms with van der Waals surface area (Å²) in [5.74, 6) is -0.0477. The molecule has 8 heteroatoms. The van der Waals surface area contributed by atoms with Gasteiger partial charge in [0.05, 0.1) is 6.10 Å². The monoisotopic (exact) mass is 358 g/mol. The Bertz CT molecular complexity index is 874. The maximum Gasteiger partial charge on any atom is 0.439 e. The maximum absolute atomic E-state index is 13.2. The minimum atomic E-state index is -0.641. The molecule has 3 heterocycles. The molecule has 2 fully saturated rings. The number of likely N-dealkylation sites (tertiary alicyclic amines) is 1. The van der Waals surface area contributed by atoms with E-state index in [1.165, 1.54) is 0 Å². The quantitative estimate of drug-likeness (QED) is 0.841. The molecule has 8 nitrogen and oxygen atoms in total. The lowest BCUT2D eigenvalue weighted by Crippen LogP contribution is -2.52. The first-order chi connectivity index (χ1) is 12.5. The molecule has 0 bridgehead atoms. The fourth-order valence-corrected chi connectivity index (χ4v) is 4.26. The van der Waals surface area contributed by atoms with Gasteiger partial charge in [0, 0.05) is 23.8 Å². The first-order valence-corrected chi connectivity index (χ1v) is 9.05. The maximum atomic E-state index is 13.2. The van der Waals surface area contributed by atoms with Crippen LogP contribution in [0, 0.1) is 12.8 Å². The van der Waals surface area contributed by atoms with Crippen molar-refractivity contribution in [2.24, 2.45) is 5.92 Å². The lowest BCUT2D eigenvalue weighted by molar-refractivity contribution is 0.00536. The van der Waals surface area contributed by atoms with Gasteiger partial charge in [-0.15, -0.1) is 0 Å². The van der Waals surface area contributed by atoms with Crippen molar-refractivity contribution >= 4 is 5.91 Å². The number of aliphatic hydroxyl groups is 1. The Kier molecular flexibility index (Phi) is 4.36. The van der Waals surface area contributed by atoms with Crippen LogP contribution in [0.5, 0.6) is 0 Å². The van der Waals surface area contributed by atoms with Crippen LogP contribution in [0.1, 0.15) is 48.3 Å². The second-order valence-corrected chi connectivity index (χ2v) is 7.26. The van der Waals surface area contributed by atoms with Crippen LogP contribution in [0.2, 0.25) is 0 Å². The van der Waals surface area contributed by atoms with E-state index in [0.717, 1.165) is 25.7 Å². The van der Waals surface area contributed by atoms with Crippen LogP contribution in [-0.2, 0) is 0 Å². The van der Waals surface area contributed by atoms with E-state index in [9.17, 15) is 14.7 Å². The van der Waals surface area contributed by atoms with E-state index in [4.69, 9.17) is 0 Å². The molecule has 1 aliphatic heterocycles. The lowest BCUT2D eigenvalue weighted by atomic mass is 9.77. The van der Waals surface area contributed by atoms with Crippen LogP contribution in [0.4, 0.5) is 0 Å². The number of carbonyl (C=O) groups excluding carboxylic acids is 1. The number of fused-ring (bicyclic) bond motifs is 1. The SMILES string of the molecule is Cc1cc(-c2noc(=O)[nH]2)cc(C(=O)N2CCC[C@@H]3CC[C@H](O)C[C@@H]32)n1. The highest BCUT2D eigenvalue weighted by atomic mass is 16.5. The summed E-state index contributed by atoms with van der Waals surface area (Å²) in [6.07, 6.45) is 4.14. The summed E-state index contributed by atoms with van der Waals surface area (Å²) in [4.78, 5) is 33.1. The van der Waals surface area contributed by atoms with E-state index >= 15 is 0 Å². The van der Waals surface area contributed by atoms with Gasteiger partial charge in [-0.1, -0.05) is 5.16 Å². The Morgan fingerprint density at radius 2 is 2.19 bits per heavy atom. The smallest absolute Gasteiger partial charge is 0.393 e. The van der Waals surface area contributed by atoms with Gasteiger partial charge in [0.15, 0.2) is 5.82 Å². The summed E-state index contributed by atoms with van der Waals surface area (Å²) in [6, 6.07) is 3.44. The van der Waals surface area contributed by atoms with E-state index in [2.05, 4.69) is 19.6 Å². The zero-order valence-electron chi connectivity index (χ0n) is 14.6. The summed E-state index contributed by atoms with van der Waals surface area (Å²) < 4.78 is 4.55. The van der Waals surface area contributed by atoms with Crippen LogP contribution < -0.4 is 5.76 Å². The van der Waals surface area contributed by atoms with Gasteiger partial charge in [0.25, 0.3) is 5.91 Å². The molecule has 1 saturated heterocycles. The summed E-state index contributed by atoms with van der Waals surface area (Å²) >= 11 is 0. The van der Waals surface area contributed by atoms with Crippen molar-refractivity contribution in [3.8, 4) is 11.4 Å². The number of carbonyl (C=O) groups is 1. The Hall–Kier alpha value is -2.48. The van der Waals surface area contributed by atoms with E-state index in [-0.39, 0.29) is 23.9 Å². The highest BCUT2D eigenvalue weighted by molar-refractivity contribution is 5.93. The van der Waals surface area contributed by atoms with E-state index in [1.807, 2.05) is 4.90 Å². The summed E-state index contributed by atoms with van der Waals surface area (Å²) in [5, 5.41) is 13.7. The Balaban J connectivity index is 1.65. The number of aliphatic hydroxyl groups excluding tert-OH is 1. The number of aromatic nitrogens is 3. The molecule has 26 heavy (non-hydrogen) atoms. The van der Waals surface area contributed by atoms with Crippen LogP contribution in [-0.4, -0.2) is 49.7 Å². The average Bonchev–Trinajstić information content (AvgIpc) is 3.06. The highest BCUT2D eigenvalue weighted by Crippen LogP contribution is 2.36. The van der Waals surface area contributed by atoms with Crippen molar-refractivity contribution in [3.05, 3.63) is 34.1 Å². The number of amides is 1. The van der Waals surface area contributed by atoms with Crippen molar-refractivity contribution in [2.45, 2.75) is 51.2 Å². The third kappa shape index (κ3) is 3.16. The van der Waals surface area contributed by atoms with Crippen LogP contribution >= 0.6 is 0 Å². The second-order valence-electron chi connectivity index (χ2n) is 7.26. The molecule has 138 valence electrons. The first-order valence-electron chi connectivity index (χ1n) is 9.05. The van der Waals surface area contributed by atoms with E-state index in [1.54, 1.807) is 19.1 Å². The summed E-state index contributed by atoms with van der Waals surface area (Å²) in [5.41, 5.74) is 1.57. The second kappa shape index (κ2) is 6.68. The molecule has 4 rings (SSSR count). The topological polar surface area (TPSA) is 112 Å². The molecule has 0 radical (unpaired) electrons. The zero-order chi connectivity index (χ0) is 18.3. The number of nitrogens with zero attached hydrogens (tertiary/aromatic N) is 3. The predicted octanol–water partition coefficient (Wildman–Crippen LogP) is 1.50. The molecule has 2 aromatic heterocycles. The Morgan fingerprint density at radius 1 is 1.35 bits per heavy atom. The number of piperidine rings is 1. The van der Waals surface area contributed by atoms with Crippen molar-refractivity contribution in [3.63, 3.8) is 0 Å². The molecule has 2 aromatic rings. The zero-order valence-corrected chi connectivity index (χ0v) is 14.6. The minimum absolute atomic E-state index is 0.0672. The molecule has 1 aliphatic carbocycles. The Labute approximate surface area is 150 Å². The third-order valence-electron chi connectivity index (χ3n) is 5.45. The fraction of sp³-hybridized carbons (Fsp3) is 0.556. The minimum Gasteiger partial charge on any atom is -0.393 e. The van der Waals surface area contributed by atoms with Crippen LogP contribution in [0.3, 0.4) is 0 Å². The van der Waals surface area contributed by atoms with Crippen molar-refractivity contribution in [2.75, 3.05) is 6.54 Å². The molecule has 0 unspecified atom stereocenters. The van der Waals surface area contributed by atoms with Crippen molar-refractivity contribution in [1.82, 2.24) is 20.0 Å². The number of hydrogen-bond donors (Lipinski definition) is 2. The van der Waals surface area contributed by atoms with Gasteiger partial charge in [-0.05, 0) is 57.1 Å². The first kappa shape index (κ1) is 17.0. The molecular formula is C18H22N4O4. The summed E-state index contributed by atoms with van der Waals surface area (Å²) in [7, 11) is 0. The van der Waals surface area contributed by atoms with Crippen LogP contribution in [0.25, 0.3) is 11.4 Å². The van der Waals surface area contributed by atoms with E-state index < -0.39 is 5.76 Å². The van der Waals surface area contributed by atoms with Gasteiger partial charge in [-0.3, -0.25) is 14.3 Å². The van der Waals surface area contributed by atoms with Gasteiger partial charge < -0.3 is 10.0 Å². The van der Waals surface area contributed by atoms with Crippen molar-refractivity contribution in [1.29, 1.82) is 0 Å². The number of hydrogen-bond acceptors (Lipinski definition) is 6. The molecule has 2 N–H and O–H groups in total. The number of nitrogens with one attached hydrogen (secondary N) is 1. The van der Waals surface area contributed by atoms with Gasteiger partial charge in [-0.2, -0.15) is 0 Å². The molecule has 0 aromatic carbocycles. The van der Waals surface area contributed by atoms with Gasteiger partial charge in [0.1, 0.15) is 5.69 Å². The van der Waals surface area contributed by atoms with Gasteiger partial charge in [-0.25, -0.2) is 9.78 Å². The Morgan fingerprint density at radius 3 is 2.96 bits per heavy atom. The summed E-state index contributed by atoms with van der Waals surface area (Å²) in [6.45, 7) is 2.47. The lowest BCUT2D eigenvalue weighted by Gasteiger charge is -2.45. The van der Waals surface area contributed by atoms with E-state index in [0.29, 0.717) is 35.8 Å². The molecule has 0 spiro atoms. The van der Waals surface area contributed by atoms with Crippen LogP contribution in [0.15, 0.2) is 21.5 Å².